The van der Waals surface area contributed by atoms with Gasteiger partial charge >= 0.3 is 0 Å². The first-order valence-electron chi connectivity index (χ1n) is 5.39. The Kier molecular flexibility index (Phi) is 4.11. The van der Waals surface area contributed by atoms with Crippen LogP contribution in [-0.4, -0.2) is 5.91 Å². The summed E-state index contributed by atoms with van der Waals surface area (Å²) in [5, 5.41) is 3.06. The first kappa shape index (κ1) is 14.6. The van der Waals surface area contributed by atoms with Crippen LogP contribution in [0.3, 0.4) is 0 Å². The molecule has 2 aromatic rings. The normalized spacial score (nSPS) is 10.4. The summed E-state index contributed by atoms with van der Waals surface area (Å²) in [4.78, 5) is 12.0. The molecule has 0 fully saturated rings. The van der Waals surface area contributed by atoms with Crippen LogP contribution in [0.25, 0.3) is 0 Å². The van der Waals surface area contributed by atoms with E-state index in [1.165, 1.54) is 18.2 Å². The molecule has 0 radical (unpaired) electrons. The largest absolute Gasteiger partial charge is 0.398 e. The van der Waals surface area contributed by atoms with E-state index in [0.29, 0.717) is 5.02 Å². The highest BCUT2D eigenvalue weighted by atomic mass is 35.5. The Labute approximate surface area is 123 Å². The lowest BCUT2D eigenvalue weighted by Crippen LogP contribution is -2.15. The van der Waals surface area contributed by atoms with E-state index in [-0.39, 0.29) is 22.0 Å². The molecule has 3 nitrogen and oxygen atoms in total. The van der Waals surface area contributed by atoms with Crippen LogP contribution < -0.4 is 11.1 Å². The molecule has 0 unspecified atom stereocenters. The Hall–Kier alpha value is -1.85. The molecule has 0 bridgehead atoms. The maximum absolute atomic E-state index is 13.1. The molecule has 2 rings (SSSR count). The Balaban J connectivity index is 2.31. The summed E-state index contributed by atoms with van der Waals surface area (Å²) in [5.41, 5.74) is 5.41. The molecule has 104 valence electrons. The molecular formula is C13H8Cl2F2N2O. The van der Waals surface area contributed by atoms with E-state index >= 15 is 0 Å². The zero-order valence-electron chi connectivity index (χ0n) is 9.88. The van der Waals surface area contributed by atoms with E-state index in [0.717, 1.165) is 12.1 Å². The van der Waals surface area contributed by atoms with E-state index in [1.807, 2.05) is 0 Å². The molecule has 0 aliphatic heterocycles. The summed E-state index contributed by atoms with van der Waals surface area (Å²) in [6.07, 6.45) is 0. The number of nitrogens with one attached hydrogen (secondary N) is 1. The number of hydrogen-bond donors (Lipinski definition) is 2. The second-order valence-electron chi connectivity index (χ2n) is 3.93. The van der Waals surface area contributed by atoms with E-state index in [1.54, 1.807) is 0 Å². The predicted octanol–water partition coefficient (Wildman–Crippen LogP) is 4.11. The van der Waals surface area contributed by atoms with Crippen molar-refractivity contribution in [1.82, 2.24) is 0 Å². The lowest BCUT2D eigenvalue weighted by molar-refractivity contribution is 0.102. The monoisotopic (exact) mass is 316 g/mol. The number of halogens is 4. The maximum atomic E-state index is 13.1. The summed E-state index contributed by atoms with van der Waals surface area (Å²) < 4.78 is 26.1. The van der Waals surface area contributed by atoms with Crippen LogP contribution in [0, 0.1) is 11.6 Å². The van der Waals surface area contributed by atoms with Crippen molar-refractivity contribution in [3.63, 3.8) is 0 Å². The first-order chi connectivity index (χ1) is 9.38. The molecule has 0 heterocycles. The number of benzene rings is 2. The van der Waals surface area contributed by atoms with E-state index in [2.05, 4.69) is 5.32 Å². The second kappa shape index (κ2) is 5.64. The lowest BCUT2D eigenvalue weighted by atomic mass is 10.1. The minimum Gasteiger partial charge on any atom is -0.398 e. The van der Waals surface area contributed by atoms with Gasteiger partial charge in [0, 0.05) is 16.8 Å². The molecule has 0 atom stereocenters. The zero-order valence-corrected chi connectivity index (χ0v) is 11.4. The van der Waals surface area contributed by atoms with Gasteiger partial charge in [-0.25, -0.2) is 8.78 Å². The van der Waals surface area contributed by atoms with Gasteiger partial charge in [0.25, 0.3) is 5.91 Å². The average Bonchev–Trinajstić information content (AvgIpc) is 2.37. The fourth-order valence-electron chi connectivity index (χ4n) is 1.54. The molecule has 0 aliphatic rings. The van der Waals surface area contributed by atoms with Crippen molar-refractivity contribution in [3.05, 3.63) is 57.6 Å². The predicted molar refractivity (Wildman–Crippen MR) is 75.2 cm³/mol. The molecule has 0 saturated heterocycles. The quantitative estimate of drug-likeness (QED) is 0.819. The minimum absolute atomic E-state index is 0.175. The van der Waals surface area contributed by atoms with E-state index in [9.17, 15) is 13.6 Å². The van der Waals surface area contributed by atoms with Gasteiger partial charge in [0.2, 0.25) is 0 Å². The summed E-state index contributed by atoms with van der Waals surface area (Å²) in [6.45, 7) is 0. The van der Waals surface area contributed by atoms with Gasteiger partial charge in [0.05, 0.1) is 16.3 Å². The fraction of sp³-hybridized carbons (Fsp3) is 0. The SMILES string of the molecule is Nc1cc(F)c(F)cc1C(=O)Nc1ccc(Cl)cc1Cl. The number of anilines is 2. The minimum atomic E-state index is -1.16. The van der Waals surface area contributed by atoms with Crippen LogP contribution >= 0.6 is 23.2 Å². The van der Waals surface area contributed by atoms with Crippen LogP contribution in [0.5, 0.6) is 0 Å². The topological polar surface area (TPSA) is 55.1 Å². The highest BCUT2D eigenvalue weighted by Crippen LogP contribution is 2.26. The lowest BCUT2D eigenvalue weighted by Gasteiger charge is -2.09. The molecule has 0 spiro atoms. The molecule has 0 aliphatic carbocycles. The Morgan fingerprint density at radius 2 is 1.75 bits per heavy atom. The highest BCUT2D eigenvalue weighted by Gasteiger charge is 2.15. The third-order valence-corrected chi connectivity index (χ3v) is 3.06. The summed E-state index contributed by atoms with van der Waals surface area (Å²) in [7, 11) is 0. The fourth-order valence-corrected chi connectivity index (χ4v) is 2.00. The summed E-state index contributed by atoms with van der Waals surface area (Å²) in [6, 6.07) is 5.92. The van der Waals surface area contributed by atoms with Gasteiger partial charge in [0.1, 0.15) is 0 Å². The number of rotatable bonds is 2. The summed E-state index contributed by atoms with van der Waals surface area (Å²) in [5.74, 6) is -2.99. The van der Waals surface area contributed by atoms with Crippen LogP contribution in [0.1, 0.15) is 10.4 Å². The molecule has 3 N–H and O–H groups in total. The second-order valence-corrected chi connectivity index (χ2v) is 4.78. The van der Waals surface area contributed by atoms with E-state index in [4.69, 9.17) is 28.9 Å². The van der Waals surface area contributed by atoms with Crippen LogP contribution in [-0.2, 0) is 0 Å². The first-order valence-corrected chi connectivity index (χ1v) is 6.15. The van der Waals surface area contributed by atoms with Gasteiger partial charge < -0.3 is 11.1 Å². The number of nitrogen functional groups attached to an aromatic ring is 1. The third-order valence-electron chi connectivity index (χ3n) is 2.52. The molecule has 7 heteroatoms. The number of amides is 1. The summed E-state index contributed by atoms with van der Waals surface area (Å²) >= 11 is 11.6. The van der Waals surface area contributed by atoms with Gasteiger partial charge in [-0.2, -0.15) is 0 Å². The van der Waals surface area contributed by atoms with Gasteiger partial charge in [-0.1, -0.05) is 23.2 Å². The average molecular weight is 317 g/mol. The van der Waals surface area contributed by atoms with Crippen molar-refractivity contribution in [1.29, 1.82) is 0 Å². The van der Waals surface area contributed by atoms with Crippen molar-refractivity contribution >= 4 is 40.5 Å². The van der Waals surface area contributed by atoms with Gasteiger partial charge in [-0.15, -0.1) is 0 Å². The Bertz CT molecular complexity index is 692. The van der Waals surface area contributed by atoms with Crippen molar-refractivity contribution < 1.29 is 13.6 Å². The van der Waals surface area contributed by atoms with Crippen LogP contribution in [0.2, 0.25) is 10.0 Å². The van der Waals surface area contributed by atoms with Gasteiger partial charge in [-0.05, 0) is 24.3 Å². The maximum Gasteiger partial charge on any atom is 0.257 e. The standard InChI is InChI=1S/C13H8Cl2F2N2O/c14-6-1-2-12(8(15)3-6)19-13(20)7-4-9(16)10(17)5-11(7)18/h1-5H,18H2,(H,19,20). The number of hydrogen-bond acceptors (Lipinski definition) is 2. The highest BCUT2D eigenvalue weighted by molar-refractivity contribution is 6.36. The molecule has 2 aromatic carbocycles. The van der Waals surface area contributed by atoms with Gasteiger partial charge in [-0.3, -0.25) is 4.79 Å². The van der Waals surface area contributed by atoms with Crippen molar-refractivity contribution in [2.45, 2.75) is 0 Å². The molecule has 20 heavy (non-hydrogen) atoms. The molecule has 0 aromatic heterocycles. The van der Waals surface area contributed by atoms with Crippen molar-refractivity contribution in [2.24, 2.45) is 0 Å². The van der Waals surface area contributed by atoms with Crippen LogP contribution in [0.4, 0.5) is 20.2 Å². The zero-order chi connectivity index (χ0) is 14.9. The van der Waals surface area contributed by atoms with E-state index < -0.39 is 17.5 Å². The molecule has 0 saturated carbocycles. The van der Waals surface area contributed by atoms with Crippen molar-refractivity contribution in [3.8, 4) is 0 Å². The third kappa shape index (κ3) is 3.00. The Morgan fingerprint density at radius 3 is 2.40 bits per heavy atom. The smallest absolute Gasteiger partial charge is 0.257 e. The molecular weight excluding hydrogens is 309 g/mol. The van der Waals surface area contributed by atoms with Crippen molar-refractivity contribution in [2.75, 3.05) is 11.1 Å². The number of carbonyl (C=O) groups is 1. The number of carbonyl (C=O) groups excluding carboxylic acids is 1. The molecule has 1 amide bonds. The van der Waals surface area contributed by atoms with Crippen LogP contribution in [0.15, 0.2) is 30.3 Å². The van der Waals surface area contributed by atoms with Gasteiger partial charge in [0.15, 0.2) is 11.6 Å². The Morgan fingerprint density at radius 1 is 1.10 bits per heavy atom. The number of nitrogens with two attached hydrogens (primary N) is 1.